The van der Waals surface area contributed by atoms with Crippen molar-refractivity contribution in [3.63, 3.8) is 0 Å². The summed E-state index contributed by atoms with van der Waals surface area (Å²) in [6, 6.07) is 12.8. The molecule has 6 nitrogen and oxygen atoms in total. The number of hydrogen-bond donors (Lipinski definition) is 2. The lowest BCUT2D eigenvalue weighted by atomic mass is 9.70. The van der Waals surface area contributed by atoms with Crippen molar-refractivity contribution in [1.29, 1.82) is 0 Å². The molecule has 4 atom stereocenters. The van der Waals surface area contributed by atoms with Gasteiger partial charge in [0.15, 0.2) is 11.5 Å². The molecule has 3 aliphatic rings. The van der Waals surface area contributed by atoms with Gasteiger partial charge in [0.1, 0.15) is 5.60 Å². The Morgan fingerprint density at radius 3 is 2.81 bits per heavy atom. The average molecular weight is 424 g/mol. The second-order valence-electron chi connectivity index (χ2n) is 9.58. The number of rotatable bonds is 3. The number of nitrogens with zero attached hydrogens (tertiary/aromatic N) is 1. The third-order valence-corrected chi connectivity index (χ3v) is 7.22. The van der Waals surface area contributed by atoms with Crippen LogP contribution in [0.1, 0.15) is 54.3 Å². The molecule has 0 amide bonds. The van der Waals surface area contributed by atoms with Gasteiger partial charge in [-0.3, -0.25) is 4.90 Å². The largest absolute Gasteiger partial charge is 0.504 e. The summed E-state index contributed by atoms with van der Waals surface area (Å²) in [7, 11) is 0. The smallest absolute Gasteiger partial charge is 0.336 e. The van der Waals surface area contributed by atoms with E-state index in [9.17, 15) is 15.0 Å². The molecule has 3 heterocycles. The molecule has 0 aromatic heterocycles. The molecule has 3 aliphatic heterocycles. The number of piperidine rings is 1. The minimum atomic E-state index is -0.877. The summed E-state index contributed by atoms with van der Waals surface area (Å²) in [5.41, 5.74) is 1.73. The van der Waals surface area contributed by atoms with Crippen molar-refractivity contribution in [2.45, 2.75) is 51.0 Å². The first-order valence-corrected chi connectivity index (χ1v) is 11.0. The molecule has 0 unspecified atom stereocenters. The van der Waals surface area contributed by atoms with Crippen LogP contribution in [-0.2, 0) is 11.3 Å². The predicted molar refractivity (Wildman–Crippen MR) is 115 cm³/mol. The first kappa shape index (κ1) is 20.3. The minimum absolute atomic E-state index is 0.0774. The van der Waals surface area contributed by atoms with Crippen LogP contribution in [-0.4, -0.2) is 45.9 Å². The number of carbonyl (C=O) groups is 1. The zero-order chi connectivity index (χ0) is 21.8. The Balaban J connectivity index is 1.36. The van der Waals surface area contributed by atoms with E-state index in [4.69, 9.17) is 9.47 Å². The molecule has 0 spiro atoms. The summed E-state index contributed by atoms with van der Waals surface area (Å²) in [6.45, 7) is 6.54. The highest BCUT2D eigenvalue weighted by Gasteiger charge is 2.51. The van der Waals surface area contributed by atoms with E-state index in [1.54, 1.807) is 18.2 Å². The van der Waals surface area contributed by atoms with Gasteiger partial charge in [0.05, 0.1) is 17.8 Å². The maximum absolute atomic E-state index is 11.6. The van der Waals surface area contributed by atoms with Gasteiger partial charge in [-0.1, -0.05) is 30.3 Å². The van der Waals surface area contributed by atoms with Gasteiger partial charge in [0, 0.05) is 31.1 Å². The Morgan fingerprint density at radius 2 is 2.00 bits per heavy atom. The standard InChI is InChI=1S/C25H29NO5/c1-25(2)19-12-16-14-26(13-15-6-3-4-7-17(15)24(28)29)11-10-21(16)30-22(19)18-8-5-9-20(27)23(18)31-25/h3-9,16,19,21-22,27H,10-14H2,1-2H3,(H,28,29)/t16-,19-,21-,22+/m0/s1. The molecule has 164 valence electrons. The Labute approximate surface area is 182 Å². The Bertz CT molecular complexity index is 1000. The SMILES string of the molecule is CC1(C)Oc2c(O)cccc2[C@H]2O[C@H]3CCN(Cc4ccccc4C(=O)O)C[C@@H]3C[C@@H]21. The molecule has 2 saturated heterocycles. The van der Waals surface area contributed by atoms with Gasteiger partial charge in [0.25, 0.3) is 0 Å². The number of aromatic carboxylic acids is 1. The number of likely N-dealkylation sites (tertiary alicyclic amines) is 1. The highest BCUT2D eigenvalue weighted by atomic mass is 16.5. The first-order chi connectivity index (χ1) is 14.8. The zero-order valence-electron chi connectivity index (χ0n) is 18.0. The summed E-state index contributed by atoms with van der Waals surface area (Å²) in [4.78, 5) is 13.9. The summed E-state index contributed by atoms with van der Waals surface area (Å²) >= 11 is 0. The lowest BCUT2D eigenvalue weighted by Crippen LogP contribution is -2.55. The van der Waals surface area contributed by atoms with Crippen molar-refractivity contribution in [3.05, 3.63) is 59.2 Å². The monoisotopic (exact) mass is 423 g/mol. The molecule has 0 aliphatic carbocycles. The highest BCUT2D eigenvalue weighted by molar-refractivity contribution is 5.89. The van der Waals surface area contributed by atoms with Gasteiger partial charge in [0.2, 0.25) is 0 Å². The Kier molecular flexibility index (Phi) is 4.94. The quantitative estimate of drug-likeness (QED) is 0.769. The summed E-state index contributed by atoms with van der Waals surface area (Å²) in [5, 5.41) is 19.8. The zero-order valence-corrected chi connectivity index (χ0v) is 18.0. The van der Waals surface area contributed by atoms with E-state index in [0.29, 0.717) is 23.8 Å². The van der Waals surface area contributed by atoms with E-state index in [1.807, 2.05) is 24.3 Å². The minimum Gasteiger partial charge on any atom is -0.504 e. The van der Waals surface area contributed by atoms with Crippen LogP contribution in [0.15, 0.2) is 42.5 Å². The van der Waals surface area contributed by atoms with Gasteiger partial charge < -0.3 is 19.7 Å². The average Bonchev–Trinajstić information content (AvgIpc) is 2.74. The number of ether oxygens (including phenoxy) is 2. The second kappa shape index (κ2) is 7.53. The lowest BCUT2D eigenvalue weighted by molar-refractivity contribution is -0.188. The van der Waals surface area contributed by atoms with Crippen molar-refractivity contribution in [2.75, 3.05) is 13.1 Å². The van der Waals surface area contributed by atoms with E-state index in [-0.39, 0.29) is 23.9 Å². The highest BCUT2D eigenvalue weighted by Crippen LogP contribution is 2.54. The van der Waals surface area contributed by atoms with Crippen molar-refractivity contribution in [3.8, 4) is 11.5 Å². The van der Waals surface area contributed by atoms with E-state index in [0.717, 1.165) is 37.1 Å². The molecule has 0 radical (unpaired) electrons. The number of hydrogen-bond acceptors (Lipinski definition) is 5. The number of carboxylic acid groups (broad SMARTS) is 1. The molecule has 2 fully saturated rings. The van der Waals surface area contributed by atoms with E-state index >= 15 is 0 Å². The molecule has 2 aromatic carbocycles. The molecule has 31 heavy (non-hydrogen) atoms. The molecule has 2 N–H and O–H groups in total. The fraction of sp³-hybridized carbons (Fsp3) is 0.480. The lowest BCUT2D eigenvalue weighted by Gasteiger charge is -2.53. The fourth-order valence-electron chi connectivity index (χ4n) is 5.63. The van der Waals surface area contributed by atoms with Crippen molar-refractivity contribution >= 4 is 5.97 Å². The van der Waals surface area contributed by atoms with Crippen LogP contribution in [0.5, 0.6) is 11.5 Å². The summed E-state index contributed by atoms with van der Waals surface area (Å²) in [6.07, 6.45) is 1.98. The molecule has 2 aromatic rings. The van der Waals surface area contributed by atoms with Gasteiger partial charge in [-0.05, 0) is 50.3 Å². The van der Waals surface area contributed by atoms with Crippen LogP contribution in [0.3, 0.4) is 0 Å². The normalized spacial score (nSPS) is 29.2. The summed E-state index contributed by atoms with van der Waals surface area (Å²) in [5.74, 6) is 0.400. The summed E-state index contributed by atoms with van der Waals surface area (Å²) < 4.78 is 12.9. The van der Waals surface area contributed by atoms with Crippen LogP contribution in [0.25, 0.3) is 0 Å². The third kappa shape index (κ3) is 3.58. The van der Waals surface area contributed by atoms with E-state index in [1.165, 1.54) is 0 Å². The maximum atomic E-state index is 11.6. The van der Waals surface area contributed by atoms with Crippen LogP contribution in [0.2, 0.25) is 0 Å². The molecular weight excluding hydrogens is 394 g/mol. The molecule has 0 bridgehead atoms. The molecule has 6 heteroatoms. The van der Waals surface area contributed by atoms with Crippen molar-refractivity contribution in [1.82, 2.24) is 4.90 Å². The van der Waals surface area contributed by atoms with E-state index in [2.05, 4.69) is 18.7 Å². The number of fused-ring (bicyclic) bond motifs is 4. The maximum Gasteiger partial charge on any atom is 0.336 e. The molecule has 0 saturated carbocycles. The molecule has 5 rings (SSSR count). The van der Waals surface area contributed by atoms with Crippen molar-refractivity contribution in [2.24, 2.45) is 11.8 Å². The number of benzene rings is 2. The Hall–Kier alpha value is -2.57. The van der Waals surface area contributed by atoms with Crippen LogP contribution in [0.4, 0.5) is 0 Å². The fourth-order valence-corrected chi connectivity index (χ4v) is 5.63. The van der Waals surface area contributed by atoms with Crippen LogP contribution in [0, 0.1) is 11.8 Å². The van der Waals surface area contributed by atoms with Gasteiger partial charge in [-0.25, -0.2) is 4.79 Å². The van der Waals surface area contributed by atoms with Gasteiger partial charge in [-0.2, -0.15) is 0 Å². The number of phenolic OH excluding ortho intramolecular Hbond substituents is 1. The van der Waals surface area contributed by atoms with Gasteiger partial charge in [-0.15, -0.1) is 0 Å². The number of para-hydroxylation sites is 1. The first-order valence-electron chi connectivity index (χ1n) is 11.0. The number of aromatic hydroxyl groups is 1. The van der Waals surface area contributed by atoms with Crippen molar-refractivity contribution < 1.29 is 24.5 Å². The number of phenols is 1. The molecular formula is C25H29NO5. The third-order valence-electron chi connectivity index (χ3n) is 7.22. The van der Waals surface area contributed by atoms with Crippen LogP contribution < -0.4 is 4.74 Å². The van der Waals surface area contributed by atoms with Crippen LogP contribution >= 0.6 is 0 Å². The Morgan fingerprint density at radius 1 is 1.19 bits per heavy atom. The topological polar surface area (TPSA) is 79.2 Å². The predicted octanol–water partition coefficient (Wildman–Crippen LogP) is 4.23. The van der Waals surface area contributed by atoms with Gasteiger partial charge >= 0.3 is 5.97 Å². The number of carboxylic acids is 1. The second-order valence-corrected chi connectivity index (χ2v) is 9.58. The van der Waals surface area contributed by atoms with E-state index < -0.39 is 11.6 Å².